The first-order chi connectivity index (χ1) is 8.56. The van der Waals surface area contributed by atoms with Crippen LogP contribution in [0.3, 0.4) is 0 Å². The largest absolute Gasteiger partial charge is 0.305 e. The second kappa shape index (κ2) is 5.63. The number of hydrogen-bond donors (Lipinski definition) is 1. The van der Waals surface area contributed by atoms with E-state index in [1.54, 1.807) is 11.3 Å². The predicted octanol–water partition coefficient (Wildman–Crippen LogP) is 2.70. The van der Waals surface area contributed by atoms with Crippen molar-refractivity contribution in [3.8, 4) is 0 Å². The maximum absolute atomic E-state index is 4.48. The zero-order valence-corrected chi connectivity index (χ0v) is 12.2. The van der Waals surface area contributed by atoms with E-state index >= 15 is 0 Å². The first-order valence-electron chi connectivity index (χ1n) is 6.23. The molecule has 2 rings (SSSR count). The fraction of sp³-hybridized carbons (Fsp3) is 0.538. The molecule has 5 heteroatoms. The number of thiazole rings is 1. The Morgan fingerprint density at radius 3 is 2.72 bits per heavy atom. The Bertz CT molecular complexity index is 489. The molecule has 2 unspecified atom stereocenters. The molecular weight excluding hydrogens is 244 g/mol. The molecule has 0 spiro atoms. The minimum absolute atomic E-state index is 0.335. The van der Waals surface area contributed by atoms with Gasteiger partial charge in [0.05, 0.1) is 17.2 Å². The minimum Gasteiger partial charge on any atom is -0.305 e. The molecule has 0 aliphatic rings. The third-order valence-corrected chi connectivity index (χ3v) is 4.14. The average Bonchev–Trinajstić information content (AvgIpc) is 2.88. The summed E-state index contributed by atoms with van der Waals surface area (Å²) in [5.41, 5.74) is 1.14. The Morgan fingerprint density at radius 2 is 2.17 bits per heavy atom. The summed E-state index contributed by atoms with van der Waals surface area (Å²) in [6.07, 6.45) is 3.80. The SMILES string of the molecule is Cc1nc(C)c(C(C)NC(C)Cn2cccn2)s1. The first kappa shape index (κ1) is 13.2. The van der Waals surface area contributed by atoms with Crippen LogP contribution in [0.5, 0.6) is 0 Å². The molecule has 2 aromatic rings. The first-order valence-corrected chi connectivity index (χ1v) is 7.05. The average molecular weight is 264 g/mol. The van der Waals surface area contributed by atoms with Gasteiger partial charge in [-0.2, -0.15) is 5.10 Å². The normalized spacial score (nSPS) is 14.7. The van der Waals surface area contributed by atoms with Crippen LogP contribution in [0, 0.1) is 13.8 Å². The number of hydrogen-bond acceptors (Lipinski definition) is 4. The molecule has 0 saturated heterocycles. The summed E-state index contributed by atoms with van der Waals surface area (Å²) in [5.74, 6) is 0. The summed E-state index contributed by atoms with van der Waals surface area (Å²) < 4.78 is 1.95. The quantitative estimate of drug-likeness (QED) is 0.903. The third-order valence-electron chi connectivity index (χ3n) is 2.89. The van der Waals surface area contributed by atoms with Gasteiger partial charge in [0, 0.05) is 29.4 Å². The Balaban J connectivity index is 1.94. The molecule has 0 amide bonds. The van der Waals surface area contributed by atoms with E-state index in [2.05, 4.69) is 43.1 Å². The molecule has 0 aromatic carbocycles. The van der Waals surface area contributed by atoms with Crippen molar-refractivity contribution in [2.75, 3.05) is 0 Å². The third kappa shape index (κ3) is 3.17. The van der Waals surface area contributed by atoms with Crippen molar-refractivity contribution < 1.29 is 0 Å². The zero-order chi connectivity index (χ0) is 13.1. The van der Waals surface area contributed by atoms with E-state index < -0.39 is 0 Å². The van der Waals surface area contributed by atoms with Crippen molar-refractivity contribution in [1.82, 2.24) is 20.1 Å². The van der Waals surface area contributed by atoms with Gasteiger partial charge in [-0.05, 0) is 33.8 Å². The Labute approximate surface area is 112 Å². The van der Waals surface area contributed by atoms with Crippen molar-refractivity contribution in [3.05, 3.63) is 34.0 Å². The Kier molecular flexibility index (Phi) is 4.14. The standard InChI is InChI=1S/C13H20N4S/c1-9(8-17-7-5-6-14-17)15-10(2)13-11(3)16-12(4)18-13/h5-7,9-10,15H,8H2,1-4H3. The highest BCUT2D eigenvalue weighted by molar-refractivity contribution is 7.11. The van der Waals surface area contributed by atoms with Gasteiger partial charge in [-0.25, -0.2) is 4.98 Å². The maximum Gasteiger partial charge on any atom is 0.0900 e. The van der Waals surface area contributed by atoms with E-state index in [0.717, 1.165) is 17.2 Å². The van der Waals surface area contributed by atoms with Crippen molar-refractivity contribution in [2.45, 2.75) is 46.3 Å². The lowest BCUT2D eigenvalue weighted by Crippen LogP contribution is -2.32. The molecule has 2 atom stereocenters. The van der Waals surface area contributed by atoms with Crippen molar-refractivity contribution in [3.63, 3.8) is 0 Å². The molecular formula is C13H20N4S. The van der Waals surface area contributed by atoms with Crippen LogP contribution in [0.4, 0.5) is 0 Å². The van der Waals surface area contributed by atoms with E-state index in [9.17, 15) is 0 Å². The van der Waals surface area contributed by atoms with Crippen LogP contribution in [-0.2, 0) is 6.54 Å². The lowest BCUT2D eigenvalue weighted by molar-refractivity contribution is 0.415. The second-order valence-corrected chi connectivity index (χ2v) is 5.93. The minimum atomic E-state index is 0.335. The van der Waals surface area contributed by atoms with Crippen LogP contribution in [-0.4, -0.2) is 20.8 Å². The van der Waals surface area contributed by atoms with E-state index in [4.69, 9.17) is 0 Å². The van der Waals surface area contributed by atoms with Gasteiger partial charge in [0.2, 0.25) is 0 Å². The molecule has 0 aliphatic heterocycles. The van der Waals surface area contributed by atoms with Gasteiger partial charge in [0.25, 0.3) is 0 Å². The van der Waals surface area contributed by atoms with Crippen molar-refractivity contribution in [1.29, 1.82) is 0 Å². The van der Waals surface area contributed by atoms with Crippen LogP contribution in [0.25, 0.3) is 0 Å². The molecule has 18 heavy (non-hydrogen) atoms. The number of aromatic nitrogens is 3. The summed E-state index contributed by atoms with van der Waals surface area (Å²) in [7, 11) is 0. The van der Waals surface area contributed by atoms with Gasteiger partial charge in [-0.15, -0.1) is 11.3 Å². The molecule has 1 N–H and O–H groups in total. The van der Waals surface area contributed by atoms with Crippen molar-refractivity contribution >= 4 is 11.3 Å². The van der Waals surface area contributed by atoms with Gasteiger partial charge in [-0.3, -0.25) is 4.68 Å². The summed E-state index contributed by atoms with van der Waals surface area (Å²) >= 11 is 1.78. The van der Waals surface area contributed by atoms with Crippen LogP contribution < -0.4 is 5.32 Å². The Morgan fingerprint density at radius 1 is 1.39 bits per heavy atom. The summed E-state index contributed by atoms with van der Waals surface area (Å²) in [6, 6.07) is 2.66. The van der Waals surface area contributed by atoms with Crippen LogP contribution in [0.2, 0.25) is 0 Å². The molecule has 0 radical (unpaired) electrons. The lowest BCUT2D eigenvalue weighted by Gasteiger charge is -2.19. The van der Waals surface area contributed by atoms with E-state index in [-0.39, 0.29) is 0 Å². The van der Waals surface area contributed by atoms with Crippen LogP contribution in [0.15, 0.2) is 18.5 Å². The highest BCUT2D eigenvalue weighted by Crippen LogP contribution is 2.24. The van der Waals surface area contributed by atoms with Gasteiger partial charge in [-0.1, -0.05) is 0 Å². The van der Waals surface area contributed by atoms with Gasteiger partial charge < -0.3 is 5.32 Å². The number of rotatable bonds is 5. The highest BCUT2D eigenvalue weighted by Gasteiger charge is 2.15. The molecule has 0 bridgehead atoms. The van der Waals surface area contributed by atoms with Gasteiger partial charge in [0.1, 0.15) is 0 Å². The fourth-order valence-corrected chi connectivity index (χ4v) is 3.13. The van der Waals surface area contributed by atoms with Gasteiger partial charge in [0.15, 0.2) is 0 Å². The molecule has 2 aromatic heterocycles. The fourth-order valence-electron chi connectivity index (χ4n) is 2.19. The monoisotopic (exact) mass is 264 g/mol. The van der Waals surface area contributed by atoms with Crippen LogP contribution >= 0.6 is 11.3 Å². The number of nitrogens with one attached hydrogen (secondary N) is 1. The highest BCUT2D eigenvalue weighted by atomic mass is 32.1. The smallest absolute Gasteiger partial charge is 0.0900 e. The maximum atomic E-state index is 4.48. The van der Waals surface area contributed by atoms with Crippen molar-refractivity contribution in [2.24, 2.45) is 0 Å². The van der Waals surface area contributed by atoms with Crippen LogP contribution in [0.1, 0.15) is 35.5 Å². The summed E-state index contributed by atoms with van der Waals surface area (Å²) in [5, 5.41) is 8.96. The van der Waals surface area contributed by atoms with Gasteiger partial charge >= 0.3 is 0 Å². The second-order valence-electron chi connectivity index (χ2n) is 4.70. The number of nitrogens with zero attached hydrogens (tertiary/aromatic N) is 3. The molecule has 0 aliphatic carbocycles. The van der Waals surface area contributed by atoms with E-state index in [0.29, 0.717) is 12.1 Å². The molecule has 98 valence electrons. The predicted molar refractivity (Wildman–Crippen MR) is 74.8 cm³/mol. The summed E-state index contributed by atoms with van der Waals surface area (Å²) in [4.78, 5) is 5.81. The summed E-state index contributed by atoms with van der Waals surface area (Å²) in [6.45, 7) is 9.39. The van der Waals surface area contributed by atoms with E-state index in [1.165, 1.54) is 4.88 Å². The molecule has 0 fully saturated rings. The topological polar surface area (TPSA) is 42.7 Å². The molecule has 4 nitrogen and oxygen atoms in total. The molecule has 2 heterocycles. The Hall–Kier alpha value is -1.20. The molecule has 0 saturated carbocycles. The van der Waals surface area contributed by atoms with E-state index in [1.807, 2.05) is 23.1 Å². The zero-order valence-electron chi connectivity index (χ0n) is 11.3. The lowest BCUT2D eigenvalue weighted by atomic mass is 10.2. The number of aryl methyl sites for hydroxylation is 2.